The van der Waals surface area contributed by atoms with Crippen LogP contribution in [-0.4, -0.2) is 50.4 Å². The summed E-state index contributed by atoms with van der Waals surface area (Å²) in [5.41, 5.74) is 8.09. The monoisotopic (exact) mass is 421 g/mol. The number of nitrogen functional groups attached to an aromatic ring is 1. The number of aromatic nitrogens is 6. The Morgan fingerprint density at radius 2 is 2.00 bits per heavy atom. The highest BCUT2D eigenvalue weighted by atomic mass is 16.5. The molecule has 160 valence electrons. The third kappa shape index (κ3) is 3.97. The number of hydrogen-bond donors (Lipinski definition) is 1. The maximum absolute atomic E-state index is 12.9. The van der Waals surface area contributed by atoms with Crippen molar-refractivity contribution >= 4 is 16.9 Å². The zero-order chi connectivity index (χ0) is 22.0. The fourth-order valence-electron chi connectivity index (χ4n) is 3.51. The summed E-state index contributed by atoms with van der Waals surface area (Å²) in [5.74, 6) is 0.704. The van der Waals surface area contributed by atoms with Crippen LogP contribution in [0.5, 0.6) is 5.75 Å². The molecule has 0 fully saturated rings. The Morgan fingerprint density at radius 1 is 1.16 bits per heavy atom. The van der Waals surface area contributed by atoms with Crippen molar-refractivity contribution in [2.75, 3.05) is 26.6 Å². The van der Waals surface area contributed by atoms with Gasteiger partial charge in [0.05, 0.1) is 32.5 Å². The second kappa shape index (κ2) is 8.52. The van der Waals surface area contributed by atoms with Crippen LogP contribution in [0.3, 0.4) is 0 Å². The molecule has 0 saturated heterocycles. The predicted molar refractivity (Wildman–Crippen MR) is 116 cm³/mol. The molecule has 0 aliphatic rings. The van der Waals surface area contributed by atoms with Gasteiger partial charge in [-0.15, -0.1) is 5.10 Å². The molecule has 0 aliphatic heterocycles. The average Bonchev–Trinajstić information content (AvgIpc) is 3.22. The van der Waals surface area contributed by atoms with Crippen LogP contribution in [0.2, 0.25) is 0 Å². The first-order valence-electron chi connectivity index (χ1n) is 9.71. The van der Waals surface area contributed by atoms with E-state index in [1.54, 1.807) is 48.0 Å². The third-order valence-electron chi connectivity index (χ3n) is 4.98. The van der Waals surface area contributed by atoms with E-state index in [2.05, 4.69) is 20.3 Å². The van der Waals surface area contributed by atoms with Gasteiger partial charge in [-0.1, -0.05) is 23.4 Å². The summed E-state index contributed by atoms with van der Waals surface area (Å²) < 4.78 is 13.8. The van der Waals surface area contributed by atoms with Gasteiger partial charge < -0.3 is 19.8 Å². The van der Waals surface area contributed by atoms with Crippen LogP contribution in [0.15, 0.2) is 47.5 Å². The number of ether oxygens (including phenoxy) is 2. The number of pyridine rings is 1. The summed E-state index contributed by atoms with van der Waals surface area (Å²) in [5, 5.41) is 9.17. The molecule has 10 heteroatoms. The fourth-order valence-corrected chi connectivity index (χ4v) is 3.51. The second-order valence-corrected chi connectivity index (χ2v) is 7.14. The van der Waals surface area contributed by atoms with Crippen molar-refractivity contribution in [3.05, 3.63) is 58.6 Å². The first-order chi connectivity index (χ1) is 15.0. The van der Waals surface area contributed by atoms with E-state index < -0.39 is 0 Å². The lowest BCUT2D eigenvalue weighted by Crippen LogP contribution is -2.28. The number of nitrogens with two attached hydrogens (primary N) is 1. The Labute approximate surface area is 178 Å². The van der Waals surface area contributed by atoms with Gasteiger partial charge in [-0.05, 0) is 19.1 Å². The largest absolute Gasteiger partial charge is 0.494 e. The Bertz CT molecular complexity index is 1280. The normalized spacial score (nSPS) is 12.2. The molecule has 4 aromatic rings. The van der Waals surface area contributed by atoms with Gasteiger partial charge in [0.15, 0.2) is 0 Å². The molecule has 10 nitrogen and oxygen atoms in total. The van der Waals surface area contributed by atoms with Gasteiger partial charge in [0.25, 0.3) is 5.56 Å². The molecule has 0 aliphatic carbocycles. The molecule has 1 atom stereocenters. The van der Waals surface area contributed by atoms with E-state index in [9.17, 15) is 4.79 Å². The first-order valence-corrected chi connectivity index (χ1v) is 9.71. The first kappa shape index (κ1) is 20.5. The van der Waals surface area contributed by atoms with E-state index in [-0.39, 0.29) is 24.1 Å². The number of anilines is 1. The van der Waals surface area contributed by atoms with Crippen LogP contribution in [0.1, 0.15) is 18.5 Å². The van der Waals surface area contributed by atoms with Crippen LogP contribution in [0, 0.1) is 0 Å². The number of benzene rings is 1. The molecule has 0 bridgehead atoms. The van der Waals surface area contributed by atoms with Gasteiger partial charge in [-0.3, -0.25) is 4.79 Å². The lowest BCUT2D eigenvalue weighted by molar-refractivity contribution is 0.160. The summed E-state index contributed by atoms with van der Waals surface area (Å²) in [4.78, 5) is 21.5. The Balaban J connectivity index is 1.69. The summed E-state index contributed by atoms with van der Waals surface area (Å²) in [6.07, 6.45) is 3.49. The number of fused-ring (bicyclic) bond motifs is 1. The van der Waals surface area contributed by atoms with Gasteiger partial charge in [-0.2, -0.15) is 0 Å². The third-order valence-corrected chi connectivity index (χ3v) is 4.98. The fraction of sp³-hybridized carbons (Fsp3) is 0.286. The smallest absolute Gasteiger partial charge is 0.255 e. The lowest BCUT2D eigenvalue weighted by Gasteiger charge is -2.15. The van der Waals surface area contributed by atoms with Crippen LogP contribution in [0.25, 0.3) is 22.3 Å². The van der Waals surface area contributed by atoms with Crippen LogP contribution >= 0.6 is 0 Å². The van der Waals surface area contributed by atoms with E-state index in [1.807, 2.05) is 25.1 Å². The van der Waals surface area contributed by atoms with E-state index in [0.717, 1.165) is 5.39 Å². The minimum atomic E-state index is -0.0921. The van der Waals surface area contributed by atoms with Crippen molar-refractivity contribution < 1.29 is 9.47 Å². The molecule has 3 aromatic heterocycles. The van der Waals surface area contributed by atoms with Gasteiger partial charge in [0, 0.05) is 24.3 Å². The van der Waals surface area contributed by atoms with Crippen molar-refractivity contribution in [3.8, 4) is 17.1 Å². The number of para-hydroxylation sites is 1. The summed E-state index contributed by atoms with van der Waals surface area (Å²) >= 11 is 0. The minimum absolute atomic E-state index is 0.0749. The zero-order valence-electron chi connectivity index (χ0n) is 17.5. The van der Waals surface area contributed by atoms with E-state index >= 15 is 0 Å². The molecule has 0 amide bonds. The van der Waals surface area contributed by atoms with Crippen molar-refractivity contribution in [1.29, 1.82) is 0 Å². The summed E-state index contributed by atoms with van der Waals surface area (Å²) in [6, 6.07) is 9.07. The zero-order valence-corrected chi connectivity index (χ0v) is 17.5. The molecular weight excluding hydrogens is 398 g/mol. The molecule has 4 rings (SSSR count). The topological polar surface area (TPSA) is 123 Å². The van der Waals surface area contributed by atoms with E-state index in [1.165, 1.54) is 0 Å². The Hall–Kier alpha value is -3.79. The van der Waals surface area contributed by atoms with Gasteiger partial charge in [-0.25, -0.2) is 14.6 Å². The van der Waals surface area contributed by atoms with Gasteiger partial charge in [0.1, 0.15) is 22.7 Å². The Kier molecular flexibility index (Phi) is 5.63. The summed E-state index contributed by atoms with van der Waals surface area (Å²) in [6.45, 7) is 2.65. The van der Waals surface area contributed by atoms with Crippen LogP contribution < -0.4 is 16.0 Å². The van der Waals surface area contributed by atoms with E-state index in [4.69, 9.17) is 15.2 Å². The van der Waals surface area contributed by atoms with Crippen molar-refractivity contribution in [2.24, 2.45) is 0 Å². The molecule has 2 N–H and O–H groups in total. The van der Waals surface area contributed by atoms with Crippen LogP contribution in [0.4, 0.5) is 5.95 Å². The molecule has 0 radical (unpaired) electrons. The lowest BCUT2D eigenvalue weighted by atomic mass is 10.1. The SMILES string of the molecule is COCC(C)n1cccc(Cn2cc(-c3nc(N)nc4c(OC)cccc34)nn2)c1=O. The molecule has 1 unspecified atom stereocenters. The minimum Gasteiger partial charge on any atom is -0.494 e. The number of rotatable bonds is 7. The van der Waals surface area contributed by atoms with Gasteiger partial charge >= 0.3 is 0 Å². The molecular formula is C21H23N7O3. The van der Waals surface area contributed by atoms with Crippen molar-refractivity contribution in [1.82, 2.24) is 29.5 Å². The number of hydrogen-bond acceptors (Lipinski definition) is 8. The second-order valence-electron chi connectivity index (χ2n) is 7.14. The number of methoxy groups -OCH3 is 2. The molecule has 31 heavy (non-hydrogen) atoms. The summed E-state index contributed by atoms with van der Waals surface area (Å²) in [7, 11) is 3.19. The van der Waals surface area contributed by atoms with Gasteiger partial charge in [0.2, 0.25) is 5.95 Å². The van der Waals surface area contributed by atoms with Crippen LogP contribution in [-0.2, 0) is 11.3 Å². The molecule has 0 spiro atoms. The average molecular weight is 421 g/mol. The van der Waals surface area contributed by atoms with Crippen molar-refractivity contribution in [2.45, 2.75) is 19.5 Å². The quantitative estimate of drug-likeness (QED) is 0.480. The maximum Gasteiger partial charge on any atom is 0.255 e. The number of nitrogens with zero attached hydrogens (tertiary/aromatic N) is 6. The molecule has 0 saturated carbocycles. The maximum atomic E-state index is 12.9. The van der Waals surface area contributed by atoms with Crippen molar-refractivity contribution in [3.63, 3.8) is 0 Å². The highest BCUT2D eigenvalue weighted by molar-refractivity contribution is 5.95. The highest BCUT2D eigenvalue weighted by Crippen LogP contribution is 2.30. The predicted octanol–water partition coefficient (Wildman–Crippen LogP) is 1.90. The molecule has 3 heterocycles. The van der Waals surface area contributed by atoms with E-state index in [0.29, 0.717) is 34.8 Å². The highest BCUT2D eigenvalue weighted by Gasteiger charge is 2.16. The standard InChI is InChI=1S/C21H23N7O3/c1-13(12-30-2)28-9-5-6-14(20(28)29)10-27-11-16(25-26-27)18-15-7-4-8-17(31-3)19(15)24-21(22)23-18/h4-9,11,13H,10,12H2,1-3H3,(H2,22,23,24). The Morgan fingerprint density at radius 3 is 2.77 bits per heavy atom. The molecule has 1 aromatic carbocycles.